The van der Waals surface area contributed by atoms with E-state index in [0.717, 1.165) is 10.9 Å². The minimum Gasteiger partial charge on any atom is -0.484 e. The van der Waals surface area contributed by atoms with E-state index in [4.69, 9.17) is 19.4 Å². The van der Waals surface area contributed by atoms with Crippen molar-refractivity contribution >= 4 is 28.8 Å². The van der Waals surface area contributed by atoms with Gasteiger partial charge in [0.05, 0.1) is 0 Å². The Morgan fingerprint density at radius 2 is 1.96 bits per heavy atom. The normalized spacial score (nSPS) is 11.7. The molecule has 27 heavy (non-hydrogen) atoms. The van der Waals surface area contributed by atoms with Crippen LogP contribution in [0.4, 0.5) is 0 Å². The van der Waals surface area contributed by atoms with Gasteiger partial charge in [0.25, 0.3) is 5.91 Å². The molecule has 9 nitrogen and oxygen atoms in total. The Hall–Kier alpha value is -3.36. The van der Waals surface area contributed by atoms with E-state index in [1.165, 1.54) is 12.1 Å². The van der Waals surface area contributed by atoms with Gasteiger partial charge in [-0.1, -0.05) is 6.92 Å². The molecule has 1 heterocycles. The van der Waals surface area contributed by atoms with Gasteiger partial charge in [0.1, 0.15) is 17.4 Å². The van der Waals surface area contributed by atoms with E-state index in [9.17, 15) is 19.2 Å². The molecule has 0 aliphatic carbocycles. The number of aryl methyl sites for hydroxylation is 1. The summed E-state index contributed by atoms with van der Waals surface area (Å²) in [6.45, 7) is 1.44. The van der Waals surface area contributed by atoms with Crippen LogP contribution in [-0.4, -0.2) is 40.7 Å². The zero-order valence-electron chi connectivity index (χ0n) is 14.6. The predicted molar refractivity (Wildman–Crippen MR) is 93.8 cm³/mol. The SMILES string of the molecule is CCc1cc(=O)oc2cc(OCC(=O)N[C@@H](CCC(=O)O)C(=O)O)ccc12. The maximum atomic E-state index is 11.9. The summed E-state index contributed by atoms with van der Waals surface area (Å²) in [5, 5.41) is 20.6. The maximum Gasteiger partial charge on any atom is 0.336 e. The lowest BCUT2D eigenvalue weighted by atomic mass is 10.1. The van der Waals surface area contributed by atoms with Gasteiger partial charge >= 0.3 is 17.6 Å². The van der Waals surface area contributed by atoms with Gasteiger partial charge in [0.15, 0.2) is 6.61 Å². The van der Waals surface area contributed by atoms with Gasteiger partial charge in [-0.25, -0.2) is 9.59 Å². The predicted octanol–water partition coefficient (Wildman–Crippen LogP) is 1.17. The fourth-order valence-corrected chi connectivity index (χ4v) is 2.50. The Balaban J connectivity index is 2.02. The highest BCUT2D eigenvalue weighted by molar-refractivity contribution is 5.85. The van der Waals surface area contributed by atoms with E-state index in [1.807, 2.05) is 6.92 Å². The minimum absolute atomic E-state index is 0.239. The van der Waals surface area contributed by atoms with E-state index in [0.29, 0.717) is 12.0 Å². The van der Waals surface area contributed by atoms with Crippen LogP contribution in [0.15, 0.2) is 33.5 Å². The minimum atomic E-state index is -1.33. The monoisotopic (exact) mass is 377 g/mol. The number of nitrogens with one attached hydrogen (secondary N) is 1. The van der Waals surface area contributed by atoms with Crippen LogP contribution in [0.2, 0.25) is 0 Å². The number of ether oxygens (including phenoxy) is 1. The lowest BCUT2D eigenvalue weighted by molar-refractivity contribution is -0.143. The number of benzene rings is 1. The number of amides is 1. The molecular weight excluding hydrogens is 358 g/mol. The number of carbonyl (C=O) groups is 3. The third kappa shape index (κ3) is 5.56. The summed E-state index contributed by atoms with van der Waals surface area (Å²) in [5.74, 6) is -2.93. The Morgan fingerprint density at radius 3 is 2.59 bits per heavy atom. The van der Waals surface area contributed by atoms with Gasteiger partial charge in [0, 0.05) is 23.9 Å². The molecule has 3 N–H and O–H groups in total. The molecular formula is C18H19NO8. The standard InChI is InChI=1S/C18H19NO8/c1-2-10-7-17(23)27-14-8-11(3-4-12(10)14)26-9-15(20)19-13(18(24)25)5-6-16(21)22/h3-4,7-8,13H,2,5-6,9H2,1H3,(H,19,20)(H,21,22)(H,24,25)/t13-/m0/s1. The van der Waals surface area contributed by atoms with Gasteiger partial charge in [-0.15, -0.1) is 0 Å². The van der Waals surface area contributed by atoms with Crippen molar-refractivity contribution in [2.24, 2.45) is 0 Å². The second-order valence-corrected chi connectivity index (χ2v) is 5.78. The fraction of sp³-hybridized carbons (Fsp3) is 0.333. The number of carboxylic acid groups (broad SMARTS) is 2. The van der Waals surface area contributed by atoms with E-state index in [2.05, 4.69) is 5.32 Å². The second kappa shape index (κ2) is 8.84. The molecule has 0 aliphatic rings. The number of aliphatic carboxylic acids is 2. The molecule has 9 heteroatoms. The van der Waals surface area contributed by atoms with Gasteiger partial charge in [-0.05, 0) is 30.5 Å². The summed E-state index contributed by atoms with van der Waals surface area (Å²) in [6.07, 6.45) is 0.0243. The topological polar surface area (TPSA) is 143 Å². The average Bonchev–Trinajstić information content (AvgIpc) is 2.61. The van der Waals surface area contributed by atoms with Crippen LogP contribution >= 0.6 is 0 Å². The van der Waals surface area contributed by atoms with Crippen molar-refractivity contribution in [3.63, 3.8) is 0 Å². The zero-order chi connectivity index (χ0) is 20.0. The van der Waals surface area contributed by atoms with E-state index in [-0.39, 0.29) is 18.6 Å². The van der Waals surface area contributed by atoms with Crippen molar-refractivity contribution in [3.05, 3.63) is 40.2 Å². The highest BCUT2D eigenvalue weighted by Gasteiger charge is 2.21. The van der Waals surface area contributed by atoms with Crippen molar-refractivity contribution in [1.29, 1.82) is 0 Å². The van der Waals surface area contributed by atoms with Crippen LogP contribution in [0.25, 0.3) is 11.0 Å². The fourth-order valence-electron chi connectivity index (χ4n) is 2.50. The second-order valence-electron chi connectivity index (χ2n) is 5.78. The molecule has 0 radical (unpaired) electrons. The van der Waals surface area contributed by atoms with Crippen molar-refractivity contribution < 1.29 is 33.8 Å². The van der Waals surface area contributed by atoms with Crippen LogP contribution in [-0.2, 0) is 20.8 Å². The van der Waals surface area contributed by atoms with E-state index in [1.54, 1.807) is 12.1 Å². The Labute approximate surface area is 153 Å². The third-order valence-electron chi connectivity index (χ3n) is 3.83. The molecule has 2 rings (SSSR count). The van der Waals surface area contributed by atoms with Crippen molar-refractivity contribution in [2.75, 3.05) is 6.61 Å². The molecule has 0 bridgehead atoms. The van der Waals surface area contributed by atoms with Gasteiger partial charge < -0.3 is 24.7 Å². The lowest BCUT2D eigenvalue weighted by Gasteiger charge is -2.14. The first-order chi connectivity index (χ1) is 12.8. The Morgan fingerprint density at radius 1 is 1.22 bits per heavy atom. The molecule has 0 spiro atoms. The molecule has 2 aromatic rings. The summed E-state index contributed by atoms with van der Waals surface area (Å²) in [5.41, 5.74) is 0.660. The highest BCUT2D eigenvalue weighted by Crippen LogP contribution is 2.23. The Bertz CT molecular complexity index is 917. The van der Waals surface area contributed by atoms with Gasteiger partial charge in [-0.2, -0.15) is 0 Å². The Kier molecular flexibility index (Phi) is 6.53. The molecule has 1 amide bonds. The largest absolute Gasteiger partial charge is 0.484 e. The molecule has 144 valence electrons. The van der Waals surface area contributed by atoms with Crippen molar-refractivity contribution in [3.8, 4) is 5.75 Å². The molecule has 0 unspecified atom stereocenters. The van der Waals surface area contributed by atoms with Crippen LogP contribution in [0, 0.1) is 0 Å². The summed E-state index contributed by atoms with van der Waals surface area (Å²) >= 11 is 0. The first kappa shape index (κ1) is 20.0. The molecule has 1 aromatic carbocycles. The van der Waals surface area contributed by atoms with Crippen LogP contribution in [0.1, 0.15) is 25.3 Å². The van der Waals surface area contributed by atoms with Crippen LogP contribution in [0.5, 0.6) is 5.75 Å². The molecule has 1 atom stereocenters. The summed E-state index contributed by atoms with van der Waals surface area (Å²) in [4.78, 5) is 45.0. The first-order valence-corrected chi connectivity index (χ1v) is 8.23. The summed E-state index contributed by atoms with van der Waals surface area (Å²) in [6, 6.07) is 4.88. The van der Waals surface area contributed by atoms with E-state index < -0.39 is 36.1 Å². The number of hydrogen-bond acceptors (Lipinski definition) is 6. The number of carboxylic acids is 2. The van der Waals surface area contributed by atoms with Crippen molar-refractivity contribution in [1.82, 2.24) is 5.32 Å². The number of carbonyl (C=O) groups excluding carboxylic acids is 1. The average molecular weight is 377 g/mol. The first-order valence-electron chi connectivity index (χ1n) is 8.23. The molecule has 1 aromatic heterocycles. The number of fused-ring (bicyclic) bond motifs is 1. The summed E-state index contributed by atoms with van der Waals surface area (Å²) in [7, 11) is 0. The van der Waals surface area contributed by atoms with Gasteiger partial charge in [0.2, 0.25) is 0 Å². The molecule has 0 fully saturated rings. The smallest absolute Gasteiger partial charge is 0.336 e. The molecule has 0 aliphatic heterocycles. The number of hydrogen-bond donors (Lipinski definition) is 3. The van der Waals surface area contributed by atoms with E-state index >= 15 is 0 Å². The number of rotatable bonds is 9. The van der Waals surface area contributed by atoms with Crippen LogP contribution in [0.3, 0.4) is 0 Å². The van der Waals surface area contributed by atoms with Crippen LogP contribution < -0.4 is 15.7 Å². The lowest BCUT2D eigenvalue weighted by Crippen LogP contribution is -2.43. The van der Waals surface area contributed by atoms with Crippen molar-refractivity contribution in [2.45, 2.75) is 32.2 Å². The maximum absolute atomic E-state index is 11.9. The summed E-state index contributed by atoms with van der Waals surface area (Å²) < 4.78 is 10.4. The third-order valence-corrected chi connectivity index (χ3v) is 3.83. The highest BCUT2D eigenvalue weighted by atomic mass is 16.5. The van der Waals surface area contributed by atoms with Gasteiger partial charge in [-0.3, -0.25) is 9.59 Å². The molecule has 0 saturated heterocycles. The quantitative estimate of drug-likeness (QED) is 0.553. The zero-order valence-corrected chi connectivity index (χ0v) is 14.6. The molecule has 0 saturated carbocycles.